The molecule has 2 N–H and O–H groups in total. The van der Waals surface area contributed by atoms with Crippen LogP contribution in [0.25, 0.3) is 0 Å². The van der Waals surface area contributed by atoms with Crippen LogP contribution in [0.4, 0.5) is 4.79 Å². The van der Waals surface area contributed by atoms with Crippen LogP contribution in [0.5, 0.6) is 0 Å². The van der Waals surface area contributed by atoms with Gasteiger partial charge in [0.15, 0.2) is 0 Å². The Hall–Kier alpha value is -1.77. The van der Waals surface area contributed by atoms with Crippen LogP contribution in [0.15, 0.2) is 0 Å². The first-order valence-corrected chi connectivity index (χ1v) is 6.69. The van der Waals surface area contributed by atoms with Crippen molar-refractivity contribution in [2.75, 3.05) is 38.2 Å². The molecule has 1 heterocycles. The van der Waals surface area contributed by atoms with Crippen LogP contribution in [0.2, 0.25) is 0 Å². The number of urea groups is 1. The molecule has 0 unspecified atom stereocenters. The Kier molecular flexibility index (Phi) is 5.61. The zero-order valence-electron chi connectivity index (χ0n) is 10.4. The molecule has 0 aromatic rings. The standard InChI is InChI=1S/C10H15N3O5S/c1-12-4-8(15)13(10(12)18)3-2-11-7(14)5-19-6-9(16)17/h2-6H2,1H3,(H,11,14)(H,16,17). The molecule has 106 valence electrons. The normalized spacial score (nSPS) is 15.0. The molecule has 1 fully saturated rings. The maximum atomic E-state index is 11.5. The fraction of sp³-hybridized carbons (Fsp3) is 0.600. The average molecular weight is 289 g/mol. The molecule has 0 aromatic heterocycles. The van der Waals surface area contributed by atoms with Crippen molar-refractivity contribution in [3.63, 3.8) is 0 Å². The molecule has 0 saturated carbocycles. The zero-order valence-corrected chi connectivity index (χ0v) is 11.2. The van der Waals surface area contributed by atoms with E-state index in [0.717, 1.165) is 16.7 Å². The van der Waals surface area contributed by atoms with Gasteiger partial charge in [0.1, 0.15) is 6.54 Å². The van der Waals surface area contributed by atoms with Crippen molar-refractivity contribution in [1.82, 2.24) is 15.1 Å². The molecular formula is C10H15N3O5S. The molecule has 0 aromatic carbocycles. The lowest BCUT2D eigenvalue weighted by Gasteiger charge is -2.14. The fourth-order valence-electron chi connectivity index (χ4n) is 1.48. The Bertz CT molecular complexity index is 401. The van der Waals surface area contributed by atoms with Gasteiger partial charge in [0.2, 0.25) is 11.8 Å². The van der Waals surface area contributed by atoms with E-state index in [2.05, 4.69) is 5.32 Å². The quantitative estimate of drug-likeness (QED) is 0.571. The number of amides is 4. The van der Waals surface area contributed by atoms with Crippen molar-refractivity contribution >= 4 is 35.6 Å². The fourth-order valence-corrected chi connectivity index (χ4v) is 2.04. The number of imide groups is 1. The van der Waals surface area contributed by atoms with Crippen LogP contribution >= 0.6 is 11.8 Å². The van der Waals surface area contributed by atoms with Gasteiger partial charge in [0, 0.05) is 20.1 Å². The van der Waals surface area contributed by atoms with E-state index < -0.39 is 5.97 Å². The molecule has 1 rings (SSSR count). The van der Waals surface area contributed by atoms with Crippen LogP contribution in [0, 0.1) is 0 Å². The molecule has 0 atom stereocenters. The summed E-state index contributed by atoms with van der Waals surface area (Å²) in [5, 5.41) is 10.9. The van der Waals surface area contributed by atoms with Crippen molar-refractivity contribution < 1.29 is 24.3 Å². The summed E-state index contributed by atoms with van der Waals surface area (Å²) < 4.78 is 0. The number of carbonyl (C=O) groups is 4. The van der Waals surface area contributed by atoms with E-state index in [1.54, 1.807) is 0 Å². The Balaban J connectivity index is 2.20. The van der Waals surface area contributed by atoms with E-state index in [-0.39, 0.29) is 49.0 Å². The number of carboxylic acids is 1. The smallest absolute Gasteiger partial charge is 0.327 e. The highest BCUT2D eigenvalue weighted by molar-refractivity contribution is 8.00. The molecule has 9 heteroatoms. The molecule has 8 nitrogen and oxygen atoms in total. The Morgan fingerprint density at radius 1 is 1.37 bits per heavy atom. The third-order valence-electron chi connectivity index (χ3n) is 2.35. The predicted octanol–water partition coefficient (Wildman–Crippen LogP) is -1.19. The molecule has 0 radical (unpaired) electrons. The van der Waals surface area contributed by atoms with E-state index in [4.69, 9.17) is 5.11 Å². The Morgan fingerprint density at radius 2 is 2.05 bits per heavy atom. The monoisotopic (exact) mass is 289 g/mol. The maximum Gasteiger partial charge on any atom is 0.327 e. The topological polar surface area (TPSA) is 107 Å². The number of hydrogen-bond acceptors (Lipinski definition) is 5. The van der Waals surface area contributed by atoms with Crippen molar-refractivity contribution in [1.29, 1.82) is 0 Å². The lowest BCUT2D eigenvalue weighted by atomic mass is 10.5. The summed E-state index contributed by atoms with van der Waals surface area (Å²) in [5.74, 6) is -1.69. The van der Waals surface area contributed by atoms with E-state index in [0.29, 0.717) is 0 Å². The van der Waals surface area contributed by atoms with Gasteiger partial charge in [-0.05, 0) is 0 Å². The third-order valence-corrected chi connectivity index (χ3v) is 3.26. The highest BCUT2D eigenvalue weighted by atomic mass is 32.2. The summed E-state index contributed by atoms with van der Waals surface area (Å²) in [7, 11) is 1.53. The predicted molar refractivity (Wildman–Crippen MR) is 67.7 cm³/mol. The first-order valence-electron chi connectivity index (χ1n) is 5.53. The van der Waals surface area contributed by atoms with Crippen molar-refractivity contribution in [2.24, 2.45) is 0 Å². The number of thioether (sulfide) groups is 1. The summed E-state index contributed by atoms with van der Waals surface area (Å²) in [6.45, 7) is 0.344. The lowest BCUT2D eigenvalue weighted by molar-refractivity contribution is -0.134. The minimum absolute atomic E-state index is 0.0358. The third kappa shape index (κ3) is 4.78. The lowest BCUT2D eigenvalue weighted by Crippen LogP contribution is -2.39. The van der Waals surface area contributed by atoms with Crippen LogP contribution in [0.3, 0.4) is 0 Å². The summed E-state index contributed by atoms with van der Waals surface area (Å²) in [6.07, 6.45) is 0. The number of likely N-dealkylation sites (N-methyl/N-ethyl adjacent to an activating group) is 1. The van der Waals surface area contributed by atoms with Crippen LogP contribution in [-0.4, -0.2) is 76.9 Å². The number of rotatable bonds is 7. The Morgan fingerprint density at radius 3 is 2.58 bits per heavy atom. The summed E-state index contributed by atoms with van der Waals surface area (Å²) in [5.41, 5.74) is 0. The van der Waals surface area contributed by atoms with E-state index in [1.807, 2.05) is 0 Å². The van der Waals surface area contributed by atoms with Gasteiger partial charge in [-0.1, -0.05) is 0 Å². The molecule has 1 saturated heterocycles. The van der Waals surface area contributed by atoms with E-state index >= 15 is 0 Å². The van der Waals surface area contributed by atoms with Gasteiger partial charge in [-0.15, -0.1) is 11.8 Å². The van der Waals surface area contributed by atoms with Crippen LogP contribution in [0.1, 0.15) is 0 Å². The molecule has 1 aliphatic heterocycles. The van der Waals surface area contributed by atoms with Gasteiger partial charge in [0.05, 0.1) is 11.5 Å². The van der Waals surface area contributed by atoms with Crippen LogP contribution in [-0.2, 0) is 14.4 Å². The first kappa shape index (κ1) is 15.3. The minimum Gasteiger partial charge on any atom is -0.481 e. The summed E-state index contributed by atoms with van der Waals surface area (Å²) in [6, 6.07) is -0.375. The maximum absolute atomic E-state index is 11.5. The van der Waals surface area contributed by atoms with Crippen molar-refractivity contribution in [3.8, 4) is 0 Å². The van der Waals surface area contributed by atoms with Crippen LogP contribution < -0.4 is 5.32 Å². The molecule has 1 aliphatic rings. The summed E-state index contributed by atoms with van der Waals surface area (Å²) in [4.78, 5) is 46.8. The van der Waals surface area contributed by atoms with Gasteiger partial charge < -0.3 is 15.3 Å². The largest absolute Gasteiger partial charge is 0.481 e. The van der Waals surface area contributed by atoms with Crippen molar-refractivity contribution in [2.45, 2.75) is 0 Å². The minimum atomic E-state index is -0.978. The van der Waals surface area contributed by atoms with Crippen molar-refractivity contribution in [3.05, 3.63) is 0 Å². The average Bonchev–Trinajstić information content (AvgIpc) is 2.55. The molecule has 0 bridgehead atoms. The molecule has 0 aliphatic carbocycles. The zero-order chi connectivity index (χ0) is 14.4. The van der Waals surface area contributed by atoms with Gasteiger partial charge in [-0.3, -0.25) is 19.3 Å². The molecule has 4 amide bonds. The number of nitrogens with one attached hydrogen (secondary N) is 1. The van der Waals surface area contributed by atoms with Gasteiger partial charge in [-0.2, -0.15) is 0 Å². The first-order chi connectivity index (χ1) is 8.91. The molecule has 19 heavy (non-hydrogen) atoms. The number of hydrogen-bond donors (Lipinski definition) is 2. The molecular weight excluding hydrogens is 274 g/mol. The number of nitrogens with zero attached hydrogens (tertiary/aromatic N) is 2. The van der Waals surface area contributed by atoms with E-state index in [1.165, 1.54) is 11.9 Å². The van der Waals surface area contributed by atoms with E-state index in [9.17, 15) is 19.2 Å². The number of carbonyl (C=O) groups excluding carboxylic acids is 3. The second kappa shape index (κ2) is 6.98. The Labute approximate surface area is 114 Å². The van der Waals surface area contributed by atoms with Gasteiger partial charge in [-0.25, -0.2) is 4.79 Å². The number of aliphatic carboxylic acids is 1. The number of carboxylic acid groups (broad SMARTS) is 1. The van der Waals surface area contributed by atoms with Gasteiger partial charge >= 0.3 is 12.0 Å². The highest BCUT2D eigenvalue weighted by Gasteiger charge is 2.32. The second-order valence-electron chi connectivity index (χ2n) is 3.92. The summed E-state index contributed by atoms with van der Waals surface area (Å²) >= 11 is 0.986. The SMILES string of the molecule is CN1CC(=O)N(CCNC(=O)CSCC(=O)O)C1=O. The second-order valence-corrected chi connectivity index (χ2v) is 4.91. The van der Waals surface area contributed by atoms with Gasteiger partial charge in [0.25, 0.3) is 0 Å². The molecule has 0 spiro atoms. The highest BCUT2D eigenvalue weighted by Crippen LogP contribution is 2.06.